The molecule has 1 fully saturated rings. The monoisotopic (exact) mass is 233 g/mol. The van der Waals surface area contributed by atoms with Crippen molar-refractivity contribution in [2.45, 2.75) is 32.3 Å². The summed E-state index contributed by atoms with van der Waals surface area (Å²) < 4.78 is 0. The molecule has 1 aromatic rings. The Balaban J connectivity index is 1.91. The van der Waals surface area contributed by atoms with Crippen molar-refractivity contribution < 1.29 is 9.90 Å². The zero-order valence-corrected chi connectivity index (χ0v) is 10.1. The standard InChI is InChI=1S/C14H19NO2/c1-10-5-2-3-7-12(10)14(17)15-9-11-6-4-8-13(11)16/h2-3,5,7,11,13,16H,4,6,8-9H2,1H3,(H,15,17)/t11-,13-/m0/s1. The SMILES string of the molecule is Cc1ccccc1C(=O)NC[C@@H]1CCC[C@@H]1O. The Labute approximate surface area is 102 Å². The summed E-state index contributed by atoms with van der Waals surface area (Å²) >= 11 is 0. The molecule has 1 aliphatic carbocycles. The highest BCUT2D eigenvalue weighted by molar-refractivity contribution is 5.95. The van der Waals surface area contributed by atoms with E-state index in [0.29, 0.717) is 6.54 Å². The van der Waals surface area contributed by atoms with E-state index in [-0.39, 0.29) is 17.9 Å². The normalized spacial score (nSPS) is 23.6. The zero-order valence-electron chi connectivity index (χ0n) is 10.1. The maximum atomic E-state index is 11.9. The van der Waals surface area contributed by atoms with Gasteiger partial charge in [0.2, 0.25) is 0 Å². The smallest absolute Gasteiger partial charge is 0.251 e. The summed E-state index contributed by atoms with van der Waals surface area (Å²) in [5.74, 6) is 0.185. The molecule has 3 nitrogen and oxygen atoms in total. The number of hydrogen-bond donors (Lipinski definition) is 2. The molecule has 1 saturated carbocycles. The van der Waals surface area contributed by atoms with Crippen molar-refractivity contribution >= 4 is 5.91 Å². The van der Waals surface area contributed by atoms with Crippen LogP contribution in [-0.4, -0.2) is 23.7 Å². The topological polar surface area (TPSA) is 49.3 Å². The molecule has 0 spiro atoms. The summed E-state index contributed by atoms with van der Waals surface area (Å²) in [7, 11) is 0. The lowest BCUT2D eigenvalue weighted by molar-refractivity contribution is 0.0916. The molecule has 2 rings (SSSR count). The summed E-state index contributed by atoms with van der Waals surface area (Å²) in [6.45, 7) is 2.51. The van der Waals surface area contributed by atoms with Gasteiger partial charge in [0.1, 0.15) is 0 Å². The fourth-order valence-corrected chi connectivity index (χ4v) is 2.40. The lowest BCUT2D eigenvalue weighted by atomic mass is 10.1. The molecule has 3 heteroatoms. The van der Waals surface area contributed by atoms with Gasteiger partial charge in [0.15, 0.2) is 0 Å². The molecule has 0 saturated heterocycles. The van der Waals surface area contributed by atoms with Crippen molar-refractivity contribution in [3.05, 3.63) is 35.4 Å². The van der Waals surface area contributed by atoms with Crippen LogP contribution in [0.25, 0.3) is 0 Å². The van der Waals surface area contributed by atoms with Gasteiger partial charge in [-0.2, -0.15) is 0 Å². The maximum Gasteiger partial charge on any atom is 0.251 e. The number of carbonyl (C=O) groups is 1. The molecule has 0 radical (unpaired) electrons. The average Bonchev–Trinajstić information content (AvgIpc) is 2.72. The number of nitrogens with one attached hydrogen (secondary N) is 1. The van der Waals surface area contributed by atoms with E-state index in [0.717, 1.165) is 30.4 Å². The van der Waals surface area contributed by atoms with E-state index in [9.17, 15) is 9.90 Å². The van der Waals surface area contributed by atoms with Gasteiger partial charge in [0.25, 0.3) is 5.91 Å². The number of aryl methyl sites for hydroxylation is 1. The van der Waals surface area contributed by atoms with E-state index in [1.807, 2.05) is 31.2 Å². The summed E-state index contributed by atoms with van der Waals surface area (Å²) in [5.41, 5.74) is 1.71. The largest absolute Gasteiger partial charge is 0.393 e. The zero-order chi connectivity index (χ0) is 12.3. The number of benzene rings is 1. The Hall–Kier alpha value is -1.35. The molecule has 92 valence electrons. The minimum Gasteiger partial charge on any atom is -0.393 e. The van der Waals surface area contributed by atoms with Crippen molar-refractivity contribution in [3.8, 4) is 0 Å². The number of aliphatic hydroxyl groups excluding tert-OH is 1. The highest BCUT2D eigenvalue weighted by Gasteiger charge is 2.25. The second kappa shape index (κ2) is 5.32. The van der Waals surface area contributed by atoms with Crippen LogP contribution in [0.2, 0.25) is 0 Å². The average molecular weight is 233 g/mol. The summed E-state index contributed by atoms with van der Waals surface area (Å²) in [4.78, 5) is 11.9. The molecule has 0 aliphatic heterocycles. The van der Waals surface area contributed by atoms with Crippen molar-refractivity contribution in [2.75, 3.05) is 6.54 Å². The Kier molecular flexibility index (Phi) is 3.79. The highest BCUT2D eigenvalue weighted by Crippen LogP contribution is 2.24. The summed E-state index contributed by atoms with van der Waals surface area (Å²) in [6, 6.07) is 7.55. The van der Waals surface area contributed by atoms with Gasteiger partial charge in [-0.1, -0.05) is 24.6 Å². The first-order valence-electron chi connectivity index (χ1n) is 6.20. The van der Waals surface area contributed by atoms with Gasteiger partial charge in [-0.05, 0) is 31.4 Å². The molecule has 2 N–H and O–H groups in total. The Morgan fingerprint density at radius 1 is 1.41 bits per heavy atom. The maximum absolute atomic E-state index is 11.9. The first-order valence-corrected chi connectivity index (χ1v) is 6.20. The number of aliphatic hydroxyl groups is 1. The van der Waals surface area contributed by atoms with Crippen molar-refractivity contribution in [2.24, 2.45) is 5.92 Å². The van der Waals surface area contributed by atoms with Crippen molar-refractivity contribution in [1.82, 2.24) is 5.32 Å². The van der Waals surface area contributed by atoms with Gasteiger partial charge in [0.05, 0.1) is 6.10 Å². The number of amides is 1. The van der Waals surface area contributed by atoms with Crippen LogP contribution in [0.1, 0.15) is 35.2 Å². The number of hydrogen-bond acceptors (Lipinski definition) is 2. The van der Waals surface area contributed by atoms with Crippen LogP contribution in [0, 0.1) is 12.8 Å². The molecular formula is C14H19NO2. The first kappa shape index (κ1) is 12.1. The molecule has 0 unspecified atom stereocenters. The third kappa shape index (κ3) is 2.86. The van der Waals surface area contributed by atoms with Gasteiger partial charge >= 0.3 is 0 Å². The van der Waals surface area contributed by atoms with Crippen LogP contribution >= 0.6 is 0 Å². The second-order valence-electron chi connectivity index (χ2n) is 4.78. The molecule has 0 aromatic heterocycles. The lowest BCUT2D eigenvalue weighted by Crippen LogP contribution is -2.32. The lowest BCUT2D eigenvalue weighted by Gasteiger charge is -2.15. The van der Waals surface area contributed by atoms with Gasteiger partial charge in [-0.25, -0.2) is 0 Å². The van der Waals surface area contributed by atoms with Crippen molar-refractivity contribution in [1.29, 1.82) is 0 Å². The Bertz CT molecular complexity index is 403. The summed E-state index contributed by atoms with van der Waals surface area (Å²) in [5, 5.41) is 12.6. The summed E-state index contributed by atoms with van der Waals surface area (Å²) in [6.07, 6.45) is 2.69. The van der Waals surface area contributed by atoms with Gasteiger partial charge in [-0.15, -0.1) is 0 Å². The van der Waals surface area contributed by atoms with Crippen LogP contribution < -0.4 is 5.32 Å². The van der Waals surface area contributed by atoms with Crippen LogP contribution in [0.15, 0.2) is 24.3 Å². The molecule has 2 atom stereocenters. The van der Waals surface area contributed by atoms with Gasteiger partial charge in [-0.3, -0.25) is 4.79 Å². The van der Waals surface area contributed by atoms with Crippen LogP contribution in [-0.2, 0) is 0 Å². The van der Waals surface area contributed by atoms with Gasteiger partial charge < -0.3 is 10.4 Å². The third-order valence-electron chi connectivity index (χ3n) is 3.53. The predicted molar refractivity (Wildman–Crippen MR) is 66.9 cm³/mol. The quantitative estimate of drug-likeness (QED) is 0.837. The minimum absolute atomic E-state index is 0.0396. The van der Waals surface area contributed by atoms with E-state index < -0.39 is 0 Å². The fraction of sp³-hybridized carbons (Fsp3) is 0.500. The number of rotatable bonds is 3. The molecule has 17 heavy (non-hydrogen) atoms. The highest BCUT2D eigenvalue weighted by atomic mass is 16.3. The predicted octanol–water partition coefficient (Wildman–Crippen LogP) is 1.89. The van der Waals surface area contributed by atoms with E-state index in [1.54, 1.807) is 0 Å². The van der Waals surface area contributed by atoms with E-state index >= 15 is 0 Å². The third-order valence-corrected chi connectivity index (χ3v) is 3.53. The van der Waals surface area contributed by atoms with Crippen molar-refractivity contribution in [3.63, 3.8) is 0 Å². The Morgan fingerprint density at radius 3 is 2.82 bits per heavy atom. The molecule has 0 bridgehead atoms. The molecule has 1 aromatic carbocycles. The molecule has 0 heterocycles. The molecule has 1 amide bonds. The van der Waals surface area contributed by atoms with Crippen LogP contribution in [0.5, 0.6) is 0 Å². The van der Waals surface area contributed by atoms with E-state index in [2.05, 4.69) is 5.32 Å². The van der Waals surface area contributed by atoms with Crippen LogP contribution in [0.4, 0.5) is 0 Å². The van der Waals surface area contributed by atoms with Crippen LogP contribution in [0.3, 0.4) is 0 Å². The molecule has 1 aliphatic rings. The van der Waals surface area contributed by atoms with E-state index in [4.69, 9.17) is 0 Å². The van der Waals surface area contributed by atoms with E-state index in [1.165, 1.54) is 0 Å². The fourth-order valence-electron chi connectivity index (χ4n) is 2.40. The second-order valence-corrected chi connectivity index (χ2v) is 4.78. The minimum atomic E-state index is -0.243. The first-order chi connectivity index (χ1) is 8.18. The van der Waals surface area contributed by atoms with Gasteiger partial charge in [0, 0.05) is 18.0 Å². The Morgan fingerprint density at radius 2 is 2.18 bits per heavy atom. The molecular weight excluding hydrogens is 214 g/mol. The number of carbonyl (C=O) groups excluding carboxylic acids is 1.